The average molecular weight is 916 g/mol. The highest BCUT2D eigenvalue weighted by Gasteiger charge is 2.36. The standard InChI is InChI=1S/C50H85N5O10/c1-12-14-15-16-17-18-19-20-24-27-38(30-42(56)63-32-37-25-22-21-23-26-37)64-49(62)44(35(7)13-2)55-48(61)40(29-34(5)6)54-47(60)41(31-43(57)65-50(9,10)11)53-45(58)36(8)52-46(59)39(51)28-33(3)4/h21-23,25-26,33-36,38-41,44H,12-20,24,27-32,51H2,1-11H3,(H,52,59)(H,53,58)(H,54,60)(H,55,61)/t35-,36-,38?,39+,40+,41-,44-/m0/s1. The van der Waals surface area contributed by atoms with Gasteiger partial charge in [0.25, 0.3) is 0 Å². The minimum atomic E-state index is -1.50. The van der Waals surface area contributed by atoms with Crippen molar-refractivity contribution < 1.29 is 47.8 Å². The van der Waals surface area contributed by atoms with E-state index in [-0.39, 0.29) is 31.3 Å². The highest BCUT2D eigenvalue weighted by molar-refractivity contribution is 5.97. The van der Waals surface area contributed by atoms with Gasteiger partial charge in [-0.1, -0.05) is 137 Å². The number of ether oxygens (including phenoxy) is 3. The Kier molecular flexibility index (Phi) is 28.3. The summed E-state index contributed by atoms with van der Waals surface area (Å²) in [4.78, 5) is 94.5. The van der Waals surface area contributed by atoms with Gasteiger partial charge in [0.15, 0.2) is 0 Å². The van der Waals surface area contributed by atoms with E-state index >= 15 is 0 Å². The largest absolute Gasteiger partial charge is 0.461 e. The fourth-order valence-electron chi connectivity index (χ4n) is 7.06. The number of esters is 3. The molecule has 65 heavy (non-hydrogen) atoms. The monoisotopic (exact) mass is 916 g/mol. The second-order valence-corrected chi connectivity index (χ2v) is 19.4. The first kappa shape index (κ1) is 58.5. The maximum absolute atomic E-state index is 14.2. The number of rotatable bonds is 32. The number of nitrogens with two attached hydrogens (primary N) is 1. The molecule has 0 aliphatic carbocycles. The molecule has 15 heteroatoms. The normalized spacial score (nSPS) is 14.8. The third-order valence-corrected chi connectivity index (χ3v) is 10.9. The summed E-state index contributed by atoms with van der Waals surface area (Å²) in [5, 5.41) is 10.6. The molecule has 0 bridgehead atoms. The number of unbranched alkanes of at least 4 members (excludes halogenated alkanes) is 8. The zero-order valence-electron chi connectivity index (χ0n) is 41.6. The van der Waals surface area contributed by atoms with E-state index in [2.05, 4.69) is 28.2 Å². The summed E-state index contributed by atoms with van der Waals surface area (Å²) in [5.74, 6) is -5.21. The Labute approximate surface area is 389 Å². The zero-order valence-corrected chi connectivity index (χ0v) is 41.6. The molecule has 0 aliphatic heterocycles. The molecule has 1 aromatic carbocycles. The van der Waals surface area contributed by atoms with Crippen LogP contribution in [0.3, 0.4) is 0 Å². The van der Waals surface area contributed by atoms with Crippen LogP contribution in [0.15, 0.2) is 30.3 Å². The summed E-state index contributed by atoms with van der Waals surface area (Å²) in [7, 11) is 0. The van der Waals surface area contributed by atoms with Crippen LogP contribution < -0.4 is 27.0 Å². The van der Waals surface area contributed by atoms with Crippen molar-refractivity contribution in [1.82, 2.24) is 21.3 Å². The molecule has 0 heterocycles. The van der Waals surface area contributed by atoms with Gasteiger partial charge in [0, 0.05) is 0 Å². The van der Waals surface area contributed by atoms with Crippen LogP contribution in [0.2, 0.25) is 0 Å². The topological polar surface area (TPSA) is 221 Å². The summed E-state index contributed by atoms with van der Waals surface area (Å²) >= 11 is 0. The van der Waals surface area contributed by atoms with Crippen LogP contribution >= 0.6 is 0 Å². The van der Waals surface area contributed by atoms with Crippen molar-refractivity contribution in [2.45, 2.75) is 221 Å². The van der Waals surface area contributed by atoms with E-state index < -0.39 is 95.8 Å². The molecule has 0 saturated heterocycles. The second-order valence-electron chi connectivity index (χ2n) is 19.4. The molecule has 0 aromatic heterocycles. The predicted octanol–water partition coefficient (Wildman–Crippen LogP) is 7.11. The van der Waals surface area contributed by atoms with Gasteiger partial charge in [0.05, 0.1) is 18.9 Å². The number of carbonyl (C=O) groups is 7. The molecule has 4 amide bonds. The Bertz CT molecular complexity index is 1600. The quantitative estimate of drug-likeness (QED) is 0.0279. The molecule has 1 aromatic rings. The molecule has 7 atom stereocenters. The number of hydrogen-bond acceptors (Lipinski definition) is 11. The molecule has 370 valence electrons. The second kappa shape index (κ2) is 31.4. The first-order valence-corrected chi connectivity index (χ1v) is 24.2. The Balaban J connectivity index is 3.28. The van der Waals surface area contributed by atoms with Crippen LogP contribution in [-0.4, -0.2) is 83.5 Å². The van der Waals surface area contributed by atoms with Crippen LogP contribution in [0.25, 0.3) is 0 Å². The molecule has 0 aliphatic rings. The van der Waals surface area contributed by atoms with Gasteiger partial charge < -0.3 is 41.2 Å². The van der Waals surface area contributed by atoms with Gasteiger partial charge in [-0.15, -0.1) is 0 Å². The predicted molar refractivity (Wildman–Crippen MR) is 253 cm³/mol. The van der Waals surface area contributed by atoms with E-state index in [1.807, 2.05) is 65.0 Å². The molecule has 1 rings (SSSR count). The first-order valence-electron chi connectivity index (χ1n) is 24.2. The zero-order chi connectivity index (χ0) is 49.1. The van der Waals surface area contributed by atoms with Gasteiger partial charge in [0.2, 0.25) is 23.6 Å². The molecule has 0 fully saturated rings. The Morgan fingerprint density at radius 1 is 0.631 bits per heavy atom. The molecule has 15 nitrogen and oxygen atoms in total. The van der Waals surface area contributed by atoms with Crippen molar-refractivity contribution in [2.75, 3.05) is 0 Å². The first-order chi connectivity index (χ1) is 30.6. The van der Waals surface area contributed by atoms with Gasteiger partial charge >= 0.3 is 17.9 Å². The minimum absolute atomic E-state index is 0.0813. The van der Waals surface area contributed by atoms with Gasteiger partial charge in [-0.3, -0.25) is 28.8 Å². The number of carbonyl (C=O) groups excluding carboxylic acids is 7. The van der Waals surface area contributed by atoms with Crippen LogP contribution in [0.5, 0.6) is 0 Å². The van der Waals surface area contributed by atoms with Gasteiger partial charge in [-0.2, -0.15) is 0 Å². The van der Waals surface area contributed by atoms with Crippen LogP contribution in [0, 0.1) is 17.8 Å². The maximum Gasteiger partial charge on any atom is 0.329 e. The molecular formula is C50H85N5O10. The highest BCUT2D eigenvalue weighted by Crippen LogP contribution is 2.19. The minimum Gasteiger partial charge on any atom is -0.461 e. The molecule has 1 unspecified atom stereocenters. The van der Waals surface area contributed by atoms with Crippen LogP contribution in [0.4, 0.5) is 0 Å². The van der Waals surface area contributed by atoms with Gasteiger partial charge in [-0.05, 0) is 76.7 Å². The third kappa shape index (κ3) is 26.3. The van der Waals surface area contributed by atoms with E-state index in [1.54, 1.807) is 27.7 Å². The van der Waals surface area contributed by atoms with Crippen molar-refractivity contribution in [3.63, 3.8) is 0 Å². The smallest absolute Gasteiger partial charge is 0.329 e. The SMILES string of the molecule is CCCCCCCCCCCC(CC(=O)OCc1ccccc1)OC(=O)[C@@H](NC(=O)[C@@H](CC(C)C)NC(=O)[C@H](CC(=O)OC(C)(C)C)NC(=O)[C@H](C)NC(=O)[C@H](N)CC(C)C)[C@@H](C)CC. The summed E-state index contributed by atoms with van der Waals surface area (Å²) in [6, 6.07) is 3.49. The number of nitrogens with one attached hydrogen (secondary N) is 4. The molecule has 0 radical (unpaired) electrons. The van der Waals surface area contributed by atoms with E-state index in [9.17, 15) is 33.6 Å². The molecular weight excluding hydrogens is 831 g/mol. The van der Waals surface area contributed by atoms with E-state index in [0.29, 0.717) is 19.3 Å². The number of benzene rings is 1. The van der Waals surface area contributed by atoms with Crippen molar-refractivity contribution >= 4 is 41.5 Å². The molecule has 0 saturated carbocycles. The fraction of sp³-hybridized carbons (Fsp3) is 0.740. The van der Waals surface area contributed by atoms with Crippen LogP contribution in [0.1, 0.15) is 178 Å². The van der Waals surface area contributed by atoms with Crippen molar-refractivity contribution in [3.05, 3.63) is 35.9 Å². The van der Waals surface area contributed by atoms with Gasteiger partial charge in [-0.25, -0.2) is 4.79 Å². The molecule has 0 spiro atoms. The summed E-state index contributed by atoms with van der Waals surface area (Å²) < 4.78 is 17.1. The summed E-state index contributed by atoms with van der Waals surface area (Å²) in [6.45, 7) is 19.9. The number of amides is 4. The van der Waals surface area contributed by atoms with Crippen LogP contribution in [-0.2, 0) is 54.4 Å². The van der Waals surface area contributed by atoms with Crippen molar-refractivity contribution in [3.8, 4) is 0 Å². The highest BCUT2D eigenvalue weighted by atomic mass is 16.6. The lowest BCUT2D eigenvalue weighted by molar-refractivity contribution is -0.160. The van der Waals surface area contributed by atoms with Crippen molar-refractivity contribution in [1.29, 1.82) is 0 Å². The lowest BCUT2D eigenvalue weighted by Gasteiger charge is -2.29. The summed E-state index contributed by atoms with van der Waals surface area (Å²) in [6.07, 6.45) is 9.80. The Hall–Kier alpha value is -4.53. The Morgan fingerprint density at radius 3 is 1.74 bits per heavy atom. The van der Waals surface area contributed by atoms with E-state index in [1.165, 1.54) is 39.0 Å². The molecule has 6 N–H and O–H groups in total. The average Bonchev–Trinajstić information content (AvgIpc) is 3.22. The van der Waals surface area contributed by atoms with E-state index in [0.717, 1.165) is 31.2 Å². The van der Waals surface area contributed by atoms with Crippen molar-refractivity contribution in [2.24, 2.45) is 23.5 Å². The fourth-order valence-corrected chi connectivity index (χ4v) is 7.06. The lowest BCUT2D eigenvalue weighted by atomic mass is 9.97. The maximum atomic E-state index is 14.2. The Morgan fingerprint density at radius 2 is 1.18 bits per heavy atom. The number of hydrogen-bond donors (Lipinski definition) is 5. The third-order valence-electron chi connectivity index (χ3n) is 10.9. The lowest BCUT2D eigenvalue weighted by Crippen LogP contribution is -2.59. The van der Waals surface area contributed by atoms with E-state index in [4.69, 9.17) is 19.9 Å². The van der Waals surface area contributed by atoms with Gasteiger partial charge in [0.1, 0.15) is 42.5 Å². The summed E-state index contributed by atoms with van der Waals surface area (Å²) in [5.41, 5.74) is 5.94.